The van der Waals surface area contributed by atoms with Gasteiger partial charge >= 0.3 is 5.69 Å². The molecule has 38 heavy (non-hydrogen) atoms. The van der Waals surface area contributed by atoms with E-state index in [4.69, 9.17) is 0 Å². The van der Waals surface area contributed by atoms with Crippen LogP contribution in [0.1, 0.15) is 65.2 Å². The molecule has 0 aliphatic heterocycles. The largest absolute Gasteiger partial charge is 0.507 e. The normalized spacial score (nSPS) is 23.7. The van der Waals surface area contributed by atoms with Crippen molar-refractivity contribution in [2.45, 2.75) is 83.5 Å². The van der Waals surface area contributed by atoms with Gasteiger partial charge in [-0.2, -0.15) is 4.98 Å². The summed E-state index contributed by atoms with van der Waals surface area (Å²) >= 11 is 0. The standard InChI is InChI=1S/C28H34F2N6O2/c1-4-11-28(2)12-5-6-20(29)22(14-28)36(18-8-9-18)24-15-31-26(34-33-24)19-10-7-17(13-23(19)37)25-21(30)16-35(3)27(38)32-25/h7,10,13,15-16,18,20,22,37H,4-6,8-9,11-12,14H2,1-3H3/t20-,22+,28+/m0/s1. The second-order valence-corrected chi connectivity index (χ2v) is 11.1. The number of aromatic hydroxyl groups is 1. The zero-order valence-corrected chi connectivity index (χ0v) is 22.1. The summed E-state index contributed by atoms with van der Waals surface area (Å²) in [6.07, 6.45) is 9.10. The van der Waals surface area contributed by atoms with E-state index in [9.17, 15) is 14.3 Å². The van der Waals surface area contributed by atoms with Crippen LogP contribution in [-0.2, 0) is 7.05 Å². The molecule has 1 aromatic carbocycles. The molecule has 0 amide bonds. The van der Waals surface area contributed by atoms with Gasteiger partial charge in [0.25, 0.3) is 0 Å². The van der Waals surface area contributed by atoms with Gasteiger partial charge in [-0.05, 0) is 62.5 Å². The molecule has 8 nitrogen and oxygen atoms in total. The first kappa shape index (κ1) is 26.2. The molecule has 2 aliphatic rings. The number of alkyl halides is 1. The molecule has 2 heterocycles. The zero-order valence-electron chi connectivity index (χ0n) is 22.1. The molecule has 3 aromatic rings. The number of anilines is 1. The van der Waals surface area contributed by atoms with E-state index < -0.39 is 17.7 Å². The maximum atomic E-state index is 15.5. The van der Waals surface area contributed by atoms with Crippen molar-refractivity contribution in [2.24, 2.45) is 12.5 Å². The summed E-state index contributed by atoms with van der Waals surface area (Å²) < 4.78 is 30.9. The van der Waals surface area contributed by atoms with Crippen LogP contribution in [0.4, 0.5) is 14.6 Å². The molecule has 2 fully saturated rings. The van der Waals surface area contributed by atoms with E-state index in [1.54, 1.807) is 12.3 Å². The summed E-state index contributed by atoms with van der Waals surface area (Å²) in [5.74, 6) is -0.131. The molecule has 5 rings (SSSR count). The number of phenolic OH excluding ortho intramolecular Hbond substituents is 1. The van der Waals surface area contributed by atoms with E-state index in [0.717, 1.165) is 55.7 Å². The molecule has 3 atom stereocenters. The number of aryl methyl sites for hydroxylation is 1. The number of rotatable bonds is 7. The molecule has 0 spiro atoms. The topological polar surface area (TPSA) is 97.0 Å². The molecular formula is C28H34F2N6O2. The summed E-state index contributed by atoms with van der Waals surface area (Å²) in [6.45, 7) is 4.46. The first-order valence-electron chi connectivity index (χ1n) is 13.4. The van der Waals surface area contributed by atoms with Gasteiger partial charge in [-0.1, -0.05) is 26.3 Å². The average Bonchev–Trinajstić information content (AvgIpc) is 3.72. The van der Waals surface area contributed by atoms with Crippen LogP contribution in [0.15, 0.2) is 35.4 Å². The Balaban J connectivity index is 1.42. The van der Waals surface area contributed by atoms with Crippen LogP contribution in [0.2, 0.25) is 0 Å². The lowest BCUT2D eigenvalue weighted by Crippen LogP contribution is -2.46. The second-order valence-electron chi connectivity index (χ2n) is 11.1. The number of hydrogen-bond acceptors (Lipinski definition) is 7. The van der Waals surface area contributed by atoms with Gasteiger partial charge in [0, 0.05) is 24.8 Å². The van der Waals surface area contributed by atoms with Crippen LogP contribution in [0.25, 0.3) is 22.6 Å². The third-order valence-corrected chi connectivity index (χ3v) is 7.90. The molecule has 0 unspecified atom stereocenters. The highest BCUT2D eigenvalue weighted by Gasteiger charge is 2.43. The molecule has 202 valence electrons. The van der Waals surface area contributed by atoms with Gasteiger partial charge in [-0.15, -0.1) is 10.2 Å². The Morgan fingerprint density at radius 1 is 1.24 bits per heavy atom. The summed E-state index contributed by atoms with van der Waals surface area (Å²) in [5.41, 5.74) is -0.0954. The van der Waals surface area contributed by atoms with Crippen molar-refractivity contribution < 1.29 is 13.9 Å². The van der Waals surface area contributed by atoms with Crippen LogP contribution in [0.5, 0.6) is 5.75 Å². The summed E-state index contributed by atoms with van der Waals surface area (Å²) in [5, 5.41) is 19.4. The Morgan fingerprint density at radius 3 is 2.68 bits per heavy atom. The number of benzene rings is 1. The quantitative estimate of drug-likeness (QED) is 0.424. The lowest BCUT2D eigenvalue weighted by Gasteiger charge is -2.38. The number of hydrogen-bond donors (Lipinski definition) is 1. The van der Waals surface area contributed by atoms with Crippen LogP contribution in [0.3, 0.4) is 0 Å². The van der Waals surface area contributed by atoms with E-state index in [0.29, 0.717) is 17.8 Å². The fraction of sp³-hybridized carbons (Fsp3) is 0.536. The number of aromatic nitrogens is 5. The smallest absolute Gasteiger partial charge is 0.348 e. The number of halogens is 2. The van der Waals surface area contributed by atoms with Gasteiger partial charge in [0.05, 0.1) is 17.8 Å². The van der Waals surface area contributed by atoms with Gasteiger partial charge < -0.3 is 10.0 Å². The molecule has 0 radical (unpaired) electrons. The van der Waals surface area contributed by atoms with E-state index in [2.05, 4.69) is 38.9 Å². The second kappa shape index (κ2) is 10.4. The SMILES string of the molecule is CCC[C@]1(C)CCC[C@H](F)[C@H](N(c2cnc(-c3ccc(-c4nc(=O)n(C)cc4F)cc3O)nn2)C2CC2)C1. The minimum Gasteiger partial charge on any atom is -0.507 e. The summed E-state index contributed by atoms with van der Waals surface area (Å²) in [7, 11) is 1.41. The van der Waals surface area contributed by atoms with Crippen molar-refractivity contribution in [1.82, 2.24) is 24.7 Å². The average molecular weight is 525 g/mol. The molecule has 2 aromatic heterocycles. The molecule has 10 heteroatoms. The molecule has 2 aliphatic carbocycles. The number of nitrogens with zero attached hydrogens (tertiary/aromatic N) is 6. The summed E-state index contributed by atoms with van der Waals surface area (Å²) in [4.78, 5) is 22.2. The van der Waals surface area contributed by atoms with Crippen molar-refractivity contribution in [3.8, 4) is 28.4 Å². The fourth-order valence-corrected chi connectivity index (χ4v) is 5.83. The summed E-state index contributed by atoms with van der Waals surface area (Å²) in [6, 6.07) is 4.37. The van der Waals surface area contributed by atoms with Crippen LogP contribution >= 0.6 is 0 Å². The highest BCUT2D eigenvalue weighted by Crippen LogP contribution is 2.44. The van der Waals surface area contributed by atoms with E-state index in [1.165, 1.54) is 19.2 Å². The zero-order chi connectivity index (χ0) is 27.0. The minimum atomic E-state index is -0.934. The van der Waals surface area contributed by atoms with Crippen LogP contribution in [0, 0.1) is 11.2 Å². The molecule has 0 saturated heterocycles. The highest BCUT2D eigenvalue weighted by molar-refractivity contribution is 5.71. The highest BCUT2D eigenvalue weighted by atomic mass is 19.1. The maximum Gasteiger partial charge on any atom is 0.348 e. The van der Waals surface area contributed by atoms with Gasteiger partial charge in [0.15, 0.2) is 17.5 Å². The van der Waals surface area contributed by atoms with Gasteiger partial charge in [0.1, 0.15) is 17.6 Å². The Hall–Kier alpha value is -3.43. The first-order chi connectivity index (χ1) is 18.2. The van der Waals surface area contributed by atoms with Crippen LogP contribution in [-0.4, -0.2) is 48.1 Å². The van der Waals surface area contributed by atoms with E-state index >= 15 is 4.39 Å². The van der Waals surface area contributed by atoms with Crippen molar-refractivity contribution in [1.29, 1.82) is 0 Å². The molecular weight excluding hydrogens is 490 g/mol. The fourth-order valence-electron chi connectivity index (χ4n) is 5.83. The minimum absolute atomic E-state index is 0.0963. The first-order valence-corrected chi connectivity index (χ1v) is 13.4. The van der Waals surface area contributed by atoms with E-state index in [1.807, 2.05) is 0 Å². The van der Waals surface area contributed by atoms with E-state index in [-0.39, 0.29) is 40.3 Å². The Morgan fingerprint density at radius 2 is 2.03 bits per heavy atom. The molecule has 0 bridgehead atoms. The van der Waals surface area contributed by atoms with Crippen molar-refractivity contribution >= 4 is 5.82 Å². The lowest BCUT2D eigenvalue weighted by atomic mass is 9.77. The third-order valence-electron chi connectivity index (χ3n) is 7.90. The third kappa shape index (κ3) is 5.26. The monoisotopic (exact) mass is 524 g/mol. The Bertz CT molecular complexity index is 1360. The Labute approximate surface area is 220 Å². The predicted octanol–water partition coefficient (Wildman–Crippen LogP) is 5.20. The lowest BCUT2D eigenvalue weighted by molar-refractivity contribution is 0.202. The molecule has 1 N–H and O–H groups in total. The van der Waals surface area contributed by atoms with Crippen molar-refractivity contribution in [3.05, 3.63) is 46.9 Å². The predicted molar refractivity (Wildman–Crippen MR) is 141 cm³/mol. The van der Waals surface area contributed by atoms with Gasteiger partial charge in [0.2, 0.25) is 0 Å². The molecule has 2 saturated carbocycles. The van der Waals surface area contributed by atoms with Crippen molar-refractivity contribution in [2.75, 3.05) is 4.90 Å². The van der Waals surface area contributed by atoms with Gasteiger partial charge in [-0.25, -0.2) is 18.6 Å². The van der Waals surface area contributed by atoms with Crippen molar-refractivity contribution in [3.63, 3.8) is 0 Å². The van der Waals surface area contributed by atoms with Crippen LogP contribution < -0.4 is 10.6 Å². The Kier molecular flexibility index (Phi) is 7.15. The van der Waals surface area contributed by atoms with Gasteiger partial charge in [-0.3, -0.25) is 4.57 Å². The number of phenols is 1. The maximum absolute atomic E-state index is 15.5.